The molecule has 1 aromatic carbocycles. The number of hydrogen-bond donors (Lipinski definition) is 0. The molecule has 0 spiro atoms. The fourth-order valence-electron chi connectivity index (χ4n) is 1.43. The van der Waals surface area contributed by atoms with Crippen molar-refractivity contribution < 1.29 is 9.59 Å². The van der Waals surface area contributed by atoms with Gasteiger partial charge in [0.15, 0.2) is 0 Å². The molecule has 3 nitrogen and oxygen atoms in total. The lowest BCUT2D eigenvalue weighted by Gasteiger charge is -2.07. The first-order chi connectivity index (χ1) is 7.07. The molecule has 0 aliphatic carbocycles. The van der Waals surface area contributed by atoms with Crippen LogP contribution in [0.1, 0.15) is 28.4 Å². The molecule has 0 N–H and O–H groups in total. The number of nitrogens with zero attached hydrogens (tertiary/aromatic N) is 1. The minimum Gasteiger partial charge on any atom is -0.266 e. The molecule has 0 heterocycles. The van der Waals surface area contributed by atoms with Crippen LogP contribution in [0.3, 0.4) is 0 Å². The molecule has 1 aromatic rings. The van der Waals surface area contributed by atoms with Crippen molar-refractivity contribution in [2.45, 2.75) is 13.8 Å². The van der Waals surface area contributed by atoms with Crippen LogP contribution < -0.4 is 0 Å². The van der Waals surface area contributed by atoms with E-state index in [4.69, 9.17) is 0 Å². The monoisotopic (exact) mass is 201 g/mol. The zero-order valence-corrected chi connectivity index (χ0v) is 8.70. The second kappa shape index (κ2) is 4.49. The highest BCUT2D eigenvalue weighted by Gasteiger charge is 2.10. The average Bonchev–Trinajstić information content (AvgIpc) is 2.17. The normalized spacial score (nSPS) is 9.20. The molecule has 0 unspecified atom stereocenters. The summed E-state index contributed by atoms with van der Waals surface area (Å²) in [6.07, 6.45) is 1.24. The Kier molecular flexibility index (Phi) is 3.32. The number of carbonyl (C=O) groups excluding carboxylic acids is 2. The lowest BCUT2D eigenvalue weighted by Crippen LogP contribution is -2.00. The summed E-state index contributed by atoms with van der Waals surface area (Å²) in [6, 6.07) is 5.24. The van der Waals surface area contributed by atoms with E-state index in [0.717, 1.165) is 16.7 Å². The first kappa shape index (κ1) is 11.1. The Bertz CT molecular complexity index is 469. The Morgan fingerprint density at radius 2 is 2.00 bits per heavy atom. The van der Waals surface area contributed by atoms with Gasteiger partial charge in [0.1, 0.15) is 0 Å². The summed E-state index contributed by atoms with van der Waals surface area (Å²) >= 11 is 0. The first-order valence-electron chi connectivity index (χ1n) is 4.45. The molecular weight excluding hydrogens is 190 g/mol. The number of rotatable bonds is 2. The molecule has 1 amide bonds. The number of hydrogen-bond acceptors (Lipinski definition) is 2. The van der Waals surface area contributed by atoms with Crippen molar-refractivity contribution in [3.8, 4) is 0 Å². The van der Waals surface area contributed by atoms with E-state index in [0.29, 0.717) is 5.56 Å². The highest BCUT2D eigenvalue weighted by Crippen LogP contribution is 2.20. The van der Waals surface area contributed by atoms with Crippen LogP contribution >= 0.6 is 0 Å². The lowest BCUT2D eigenvalue weighted by atomic mass is 9.98. The largest absolute Gasteiger partial charge is 0.288 e. The summed E-state index contributed by atoms with van der Waals surface area (Å²) in [5.74, 6) is -0.564. The third kappa shape index (κ3) is 2.27. The summed E-state index contributed by atoms with van der Waals surface area (Å²) in [6.45, 7) is 7.48. The third-order valence-electron chi connectivity index (χ3n) is 2.17. The van der Waals surface area contributed by atoms with E-state index < -0.39 is 5.91 Å². The maximum atomic E-state index is 11.4. The number of carbonyl (C=O) groups is 1. The van der Waals surface area contributed by atoms with Gasteiger partial charge in [0.05, 0.1) is 0 Å². The van der Waals surface area contributed by atoms with Crippen LogP contribution in [0.15, 0.2) is 29.8 Å². The van der Waals surface area contributed by atoms with Gasteiger partial charge in [-0.2, -0.15) is 0 Å². The molecule has 0 atom stereocenters. The minimum atomic E-state index is -0.564. The zero-order chi connectivity index (χ0) is 11.4. The molecule has 3 heteroatoms. The highest BCUT2D eigenvalue weighted by atomic mass is 16.2. The van der Waals surface area contributed by atoms with Crippen LogP contribution in [0, 0.1) is 6.92 Å². The second-order valence-electron chi connectivity index (χ2n) is 3.27. The van der Waals surface area contributed by atoms with Crippen molar-refractivity contribution in [2.24, 2.45) is 4.99 Å². The van der Waals surface area contributed by atoms with E-state index >= 15 is 0 Å². The molecule has 0 fully saturated rings. The topological polar surface area (TPSA) is 46.5 Å². The molecule has 0 saturated heterocycles. The minimum absolute atomic E-state index is 0.416. The van der Waals surface area contributed by atoms with Crippen molar-refractivity contribution in [1.82, 2.24) is 0 Å². The molecular formula is C12H11NO2. The average molecular weight is 201 g/mol. The predicted octanol–water partition coefficient (Wildman–Crippen LogP) is 2.50. The second-order valence-corrected chi connectivity index (χ2v) is 3.27. The maximum absolute atomic E-state index is 11.4. The predicted molar refractivity (Wildman–Crippen MR) is 58.3 cm³/mol. The zero-order valence-electron chi connectivity index (χ0n) is 8.70. The molecule has 0 bridgehead atoms. The van der Waals surface area contributed by atoms with Gasteiger partial charge >= 0.3 is 0 Å². The van der Waals surface area contributed by atoms with Gasteiger partial charge in [0.25, 0.3) is 5.91 Å². The van der Waals surface area contributed by atoms with Crippen molar-refractivity contribution in [1.29, 1.82) is 0 Å². The van der Waals surface area contributed by atoms with Crippen LogP contribution in [-0.4, -0.2) is 12.0 Å². The van der Waals surface area contributed by atoms with Gasteiger partial charge in [0.2, 0.25) is 6.08 Å². The summed E-state index contributed by atoms with van der Waals surface area (Å²) in [5.41, 5.74) is 2.98. The van der Waals surface area contributed by atoms with Crippen LogP contribution in [0.25, 0.3) is 5.57 Å². The Balaban J connectivity index is 3.32. The van der Waals surface area contributed by atoms with Crippen LogP contribution in [0.4, 0.5) is 0 Å². The van der Waals surface area contributed by atoms with E-state index in [1.807, 2.05) is 13.0 Å². The molecule has 15 heavy (non-hydrogen) atoms. The van der Waals surface area contributed by atoms with Crippen molar-refractivity contribution >= 4 is 17.6 Å². The highest BCUT2D eigenvalue weighted by molar-refractivity contribution is 5.99. The third-order valence-corrected chi connectivity index (χ3v) is 2.17. The molecule has 0 aromatic heterocycles. The molecule has 1 rings (SSSR count). The quantitative estimate of drug-likeness (QED) is 0.545. The number of allylic oxidation sites excluding steroid dienone is 1. The molecule has 0 radical (unpaired) electrons. The Morgan fingerprint density at radius 3 is 2.53 bits per heavy atom. The summed E-state index contributed by atoms with van der Waals surface area (Å²) < 4.78 is 0. The van der Waals surface area contributed by atoms with Gasteiger partial charge in [0, 0.05) is 5.56 Å². The van der Waals surface area contributed by atoms with E-state index in [9.17, 15) is 9.59 Å². The van der Waals surface area contributed by atoms with Gasteiger partial charge in [-0.05, 0) is 31.0 Å². The molecule has 76 valence electrons. The van der Waals surface area contributed by atoms with Crippen molar-refractivity contribution in [3.05, 3.63) is 41.5 Å². The van der Waals surface area contributed by atoms with Crippen LogP contribution in [0.5, 0.6) is 0 Å². The smallest absolute Gasteiger partial charge is 0.266 e. The molecule has 0 aliphatic rings. The van der Waals surface area contributed by atoms with E-state index in [1.165, 1.54) is 6.08 Å². The Labute approximate surface area is 88.1 Å². The van der Waals surface area contributed by atoms with Gasteiger partial charge < -0.3 is 0 Å². The summed E-state index contributed by atoms with van der Waals surface area (Å²) in [7, 11) is 0. The van der Waals surface area contributed by atoms with E-state index in [-0.39, 0.29) is 0 Å². The fraction of sp³-hybridized carbons (Fsp3) is 0.167. The standard InChI is InChI=1S/C12H11NO2/c1-8(2)10-5-4-6-11(9(10)3)12(15)13-7-14/h4-6H,1H2,2-3H3. The van der Waals surface area contributed by atoms with E-state index in [2.05, 4.69) is 11.6 Å². The fourth-order valence-corrected chi connectivity index (χ4v) is 1.43. The number of aliphatic imine (C=N–C) groups is 1. The van der Waals surface area contributed by atoms with Gasteiger partial charge in [-0.25, -0.2) is 4.79 Å². The SMILES string of the molecule is C=C(C)c1cccc(C(=O)N=C=O)c1C. The lowest BCUT2D eigenvalue weighted by molar-refractivity contribution is 0.100. The Morgan fingerprint density at radius 1 is 1.40 bits per heavy atom. The maximum Gasteiger partial charge on any atom is 0.288 e. The van der Waals surface area contributed by atoms with Crippen molar-refractivity contribution in [2.75, 3.05) is 0 Å². The van der Waals surface area contributed by atoms with Crippen LogP contribution in [0.2, 0.25) is 0 Å². The number of isocyanates is 1. The van der Waals surface area contributed by atoms with Gasteiger partial charge in [-0.3, -0.25) is 4.79 Å². The number of amides is 1. The van der Waals surface area contributed by atoms with Gasteiger partial charge in [-0.1, -0.05) is 24.3 Å². The Hall–Kier alpha value is -1.99. The van der Waals surface area contributed by atoms with Crippen LogP contribution in [-0.2, 0) is 4.79 Å². The van der Waals surface area contributed by atoms with E-state index in [1.54, 1.807) is 19.1 Å². The number of benzene rings is 1. The molecule has 0 saturated carbocycles. The summed E-state index contributed by atoms with van der Waals surface area (Å²) in [4.78, 5) is 24.5. The molecule has 0 aliphatic heterocycles. The van der Waals surface area contributed by atoms with Crippen molar-refractivity contribution in [3.63, 3.8) is 0 Å². The first-order valence-corrected chi connectivity index (χ1v) is 4.45. The van der Waals surface area contributed by atoms with Gasteiger partial charge in [-0.15, -0.1) is 4.99 Å². The summed E-state index contributed by atoms with van der Waals surface area (Å²) in [5, 5.41) is 0.